The first-order valence-electron chi connectivity index (χ1n) is 10.6. The van der Waals surface area contributed by atoms with Crippen molar-refractivity contribution in [2.45, 2.75) is 53.5 Å². The topological polar surface area (TPSA) is 68.0 Å². The quantitative estimate of drug-likeness (QED) is 0.543. The van der Waals surface area contributed by atoms with Crippen molar-refractivity contribution in [3.05, 3.63) is 82.4 Å². The number of hydrogen-bond acceptors (Lipinski definition) is 3. The Balaban J connectivity index is 1.76. The molecule has 0 unspecified atom stereocenters. The number of hydrogen-bond donors (Lipinski definition) is 1. The summed E-state index contributed by atoms with van der Waals surface area (Å²) >= 11 is 0. The van der Waals surface area contributed by atoms with E-state index in [4.69, 9.17) is 10.1 Å². The molecule has 0 atom stereocenters. The van der Waals surface area contributed by atoms with Crippen LogP contribution in [0.3, 0.4) is 0 Å². The molecule has 0 radical (unpaired) electrons. The Kier molecular flexibility index (Phi) is 7.03. The maximum atomic E-state index is 11.4. The van der Waals surface area contributed by atoms with Crippen molar-refractivity contribution in [1.82, 2.24) is 14.8 Å². The second-order valence-electron chi connectivity index (χ2n) is 8.75. The van der Waals surface area contributed by atoms with E-state index in [0.29, 0.717) is 30.4 Å². The summed E-state index contributed by atoms with van der Waals surface area (Å²) in [5.41, 5.74) is 3.44. The van der Waals surface area contributed by atoms with Gasteiger partial charge >= 0.3 is 5.97 Å². The van der Waals surface area contributed by atoms with Crippen LogP contribution in [0.25, 0.3) is 0 Å². The average Bonchev–Trinajstić information content (AvgIpc) is 3.02. The molecule has 0 bridgehead atoms. The Morgan fingerprint density at radius 2 is 1.57 bits per heavy atom. The number of aromatic nitrogens is 3. The number of rotatable bonds is 9. The zero-order chi connectivity index (χ0) is 21.7. The summed E-state index contributed by atoms with van der Waals surface area (Å²) < 4.78 is 2.03. The minimum Gasteiger partial charge on any atom is -0.478 e. The van der Waals surface area contributed by atoms with Gasteiger partial charge < -0.3 is 5.11 Å². The standard InChI is InChI=1S/C25H31N3O2/c1-17(2)13-23-26-24(14-18(3)4)28(27-23)16-20-11-9-19(10-12-20)15-21-7-5-6-8-22(21)25(29)30/h5-12,17-18H,13-16H2,1-4H3,(H,29,30). The van der Waals surface area contributed by atoms with E-state index in [1.165, 1.54) is 0 Å². The van der Waals surface area contributed by atoms with Crippen LogP contribution in [0.5, 0.6) is 0 Å². The van der Waals surface area contributed by atoms with Gasteiger partial charge in [0.05, 0.1) is 12.1 Å². The van der Waals surface area contributed by atoms with Crippen LogP contribution in [-0.4, -0.2) is 25.8 Å². The summed E-state index contributed by atoms with van der Waals surface area (Å²) in [6.07, 6.45) is 2.40. The van der Waals surface area contributed by atoms with E-state index >= 15 is 0 Å². The number of carbonyl (C=O) groups is 1. The van der Waals surface area contributed by atoms with Gasteiger partial charge in [-0.05, 0) is 41.0 Å². The van der Waals surface area contributed by atoms with Crippen LogP contribution < -0.4 is 0 Å². The fourth-order valence-electron chi connectivity index (χ4n) is 3.56. The summed E-state index contributed by atoms with van der Waals surface area (Å²) in [7, 11) is 0. The third-order valence-electron chi connectivity index (χ3n) is 4.97. The first-order chi connectivity index (χ1) is 14.3. The van der Waals surface area contributed by atoms with E-state index in [-0.39, 0.29) is 0 Å². The van der Waals surface area contributed by atoms with E-state index in [1.807, 2.05) is 16.8 Å². The molecule has 0 fully saturated rings. The molecule has 0 aliphatic rings. The van der Waals surface area contributed by atoms with Crippen molar-refractivity contribution in [3.8, 4) is 0 Å². The molecule has 0 saturated carbocycles. The van der Waals surface area contributed by atoms with Crippen LogP contribution >= 0.6 is 0 Å². The van der Waals surface area contributed by atoms with Crippen molar-refractivity contribution in [2.24, 2.45) is 11.8 Å². The summed E-state index contributed by atoms with van der Waals surface area (Å²) in [5.74, 6) is 2.13. The second-order valence-corrected chi connectivity index (χ2v) is 8.75. The number of aromatic carboxylic acids is 1. The van der Waals surface area contributed by atoms with Gasteiger partial charge in [-0.3, -0.25) is 0 Å². The zero-order valence-electron chi connectivity index (χ0n) is 18.3. The third-order valence-corrected chi connectivity index (χ3v) is 4.97. The van der Waals surface area contributed by atoms with Gasteiger partial charge in [0.2, 0.25) is 0 Å². The maximum Gasteiger partial charge on any atom is 0.335 e. The monoisotopic (exact) mass is 405 g/mol. The number of carboxylic acids is 1. The largest absolute Gasteiger partial charge is 0.478 e. The Morgan fingerprint density at radius 3 is 2.20 bits per heavy atom. The molecule has 5 nitrogen and oxygen atoms in total. The molecule has 0 aliphatic heterocycles. The van der Waals surface area contributed by atoms with Gasteiger partial charge in [-0.2, -0.15) is 5.10 Å². The number of nitrogens with zero attached hydrogens (tertiary/aromatic N) is 3. The summed E-state index contributed by atoms with van der Waals surface area (Å²) in [6.45, 7) is 9.46. The van der Waals surface area contributed by atoms with Gasteiger partial charge in [0.1, 0.15) is 5.82 Å². The molecule has 30 heavy (non-hydrogen) atoms. The molecule has 0 spiro atoms. The predicted molar refractivity (Wildman–Crippen MR) is 119 cm³/mol. The first-order valence-corrected chi connectivity index (χ1v) is 10.6. The van der Waals surface area contributed by atoms with E-state index in [2.05, 4.69) is 52.0 Å². The lowest BCUT2D eigenvalue weighted by Crippen LogP contribution is -2.09. The highest BCUT2D eigenvalue weighted by Crippen LogP contribution is 2.17. The molecule has 0 amide bonds. The molecule has 1 heterocycles. The Labute approximate surface area is 178 Å². The Morgan fingerprint density at radius 1 is 0.933 bits per heavy atom. The molecule has 5 heteroatoms. The zero-order valence-corrected chi connectivity index (χ0v) is 18.3. The van der Waals surface area contributed by atoms with Crippen molar-refractivity contribution in [2.75, 3.05) is 0 Å². The summed E-state index contributed by atoms with van der Waals surface area (Å²) in [5, 5.41) is 14.1. The lowest BCUT2D eigenvalue weighted by atomic mass is 9.99. The smallest absolute Gasteiger partial charge is 0.335 e. The average molecular weight is 406 g/mol. The minimum absolute atomic E-state index is 0.361. The highest BCUT2D eigenvalue weighted by Gasteiger charge is 2.14. The van der Waals surface area contributed by atoms with Crippen LogP contribution in [0.15, 0.2) is 48.5 Å². The molecular formula is C25H31N3O2. The van der Waals surface area contributed by atoms with Crippen LogP contribution in [-0.2, 0) is 25.8 Å². The Bertz CT molecular complexity index is 988. The molecular weight excluding hydrogens is 374 g/mol. The maximum absolute atomic E-state index is 11.4. The van der Waals surface area contributed by atoms with Crippen LogP contribution in [0.1, 0.15) is 66.4 Å². The van der Waals surface area contributed by atoms with E-state index in [0.717, 1.165) is 41.2 Å². The van der Waals surface area contributed by atoms with Gasteiger partial charge in [-0.15, -0.1) is 0 Å². The first kappa shape index (κ1) is 21.8. The van der Waals surface area contributed by atoms with Crippen molar-refractivity contribution in [3.63, 3.8) is 0 Å². The predicted octanol–water partition coefficient (Wildman–Crippen LogP) is 5.01. The lowest BCUT2D eigenvalue weighted by Gasteiger charge is -2.09. The second kappa shape index (κ2) is 9.70. The molecule has 1 N–H and O–H groups in total. The van der Waals surface area contributed by atoms with Gasteiger partial charge in [0, 0.05) is 12.8 Å². The van der Waals surface area contributed by atoms with E-state index in [1.54, 1.807) is 12.1 Å². The third kappa shape index (κ3) is 5.78. The normalized spacial score (nSPS) is 11.4. The molecule has 158 valence electrons. The van der Waals surface area contributed by atoms with Gasteiger partial charge in [-0.25, -0.2) is 14.5 Å². The fraction of sp³-hybridized carbons (Fsp3) is 0.400. The van der Waals surface area contributed by atoms with E-state index < -0.39 is 5.97 Å². The van der Waals surface area contributed by atoms with E-state index in [9.17, 15) is 9.90 Å². The van der Waals surface area contributed by atoms with Gasteiger partial charge in [-0.1, -0.05) is 70.2 Å². The highest BCUT2D eigenvalue weighted by molar-refractivity contribution is 5.89. The molecule has 1 aromatic heterocycles. The van der Waals surface area contributed by atoms with Crippen molar-refractivity contribution < 1.29 is 9.90 Å². The van der Waals surface area contributed by atoms with Gasteiger partial charge in [0.25, 0.3) is 0 Å². The molecule has 3 aromatic rings. The highest BCUT2D eigenvalue weighted by atomic mass is 16.4. The number of benzene rings is 2. The molecule has 2 aromatic carbocycles. The van der Waals surface area contributed by atoms with Crippen LogP contribution in [0, 0.1) is 11.8 Å². The summed E-state index contributed by atoms with van der Waals surface area (Å²) in [6, 6.07) is 15.5. The van der Waals surface area contributed by atoms with Crippen molar-refractivity contribution >= 4 is 5.97 Å². The number of carboxylic acid groups (broad SMARTS) is 1. The van der Waals surface area contributed by atoms with Crippen molar-refractivity contribution in [1.29, 1.82) is 0 Å². The minimum atomic E-state index is -0.886. The molecule has 0 aliphatic carbocycles. The Hall–Kier alpha value is -2.95. The summed E-state index contributed by atoms with van der Waals surface area (Å²) in [4.78, 5) is 16.2. The van der Waals surface area contributed by atoms with Crippen LogP contribution in [0.2, 0.25) is 0 Å². The van der Waals surface area contributed by atoms with Gasteiger partial charge in [0.15, 0.2) is 5.82 Å². The van der Waals surface area contributed by atoms with Crippen LogP contribution in [0.4, 0.5) is 0 Å². The lowest BCUT2D eigenvalue weighted by molar-refractivity contribution is 0.0696. The SMILES string of the molecule is CC(C)Cc1nc(CC(C)C)n(Cc2ccc(Cc3ccccc3C(=O)O)cc2)n1. The fourth-order valence-corrected chi connectivity index (χ4v) is 3.56. The molecule has 3 rings (SSSR count). The molecule has 0 saturated heterocycles.